The van der Waals surface area contributed by atoms with Crippen LogP contribution in [0.5, 0.6) is 0 Å². The van der Waals surface area contributed by atoms with Gasteiger partial charge in [-0.25, -0.2) is 0 Å². The van der Waals surface area contributed by atoms with E-state index in [1.54, 1.807) is 0 Å². The van der Waals surface area contributed by atoms with Crippen molar-refractivity contribution in [3.05, 3.63) is 24.3 Å². The zero-order valence-electron chi connectivity index (χ0n) is 25.7. The Morgan fingerprint density at radius 1 is 0.614 bits per heavy atom. The quantitative estimate of drug-likeness (QED) is 0.232. The zero-order chi connectivity index (χ0) is 29.4. The van der Waals surface area contributed by atoms with Gasteiger partial charge in [-0.1, -0.05) is 24.3 Å². The van der Waals surface area contributed by atoms with E-state index in [9.17, 15) is 9.59 Å². The summed E-state index contributed by atoms with van der Waals surface area (Å²) in [7, 11) is 0. The highest BCUT2D eigenvalue weighted by atomic mass is 16.7. The average molecular weight is 609 g/mol. The minimum Gasteiger partial charge on any atom is -0.463 e. The molecule has 10 rings (SSSR count). The summed E-state index contributed by atoms with van der Waals surface area (Å²) in [6, 6.07) is 0. The molecule has 15 unspecified atom stereocenters. The standard InChI is InChI=1S/2C18H24O4/c19-16(21-8-14-7-20-9-22-14)6-12-4-13-5-15(12)18-11-2-1-10(3-11)17(13)18;19-16(22-14-7-20-9-21-8-14)6-12-4-13-5-15(12)18-11-2-1-10(3-11)17(13)18/h2*1-2,10-15,17-18H,3-9H2. The molecule has 240 valence electrons. The maximum absolute atomic E-state index is 12.2. The lowest BCUT2D eigenvalue weighted by Crippen LogP contribution is -2.35. The van der Waals surface area contributed by atoms with Crippen molar-refractivity contribution in [1.82, 2.24) is 0 Å². The van der Waals surface area contributed by atoms with E-state index in [1.807, 2.05) is 0 Å². The van der Waals surface area contributed by atoms with E-state index >= 15 is 0 Å². The molecular weight excluding hydrogens is 560 g/mol. The number of carbonyl (C=O) groups is 2. The third-order valence-electron chi connectivity index (χ3n) is 13.9. The first kappa shape index (κ1) is 28.5. The van der Waals surface area contributed by atoms with Crippen molar-refractivity contribution in [3.63, 3.8) is 0 Å². The fourth-order valence-corrected chi connectivity index (χ4v) is 12.7. The van der Waals surface area contributed by atoms with Crippen molar-refractivity contribution in [2.75, 3.05) is 40.0 Å². The molecule has 2 saturated heterocycles. The van der Waals surface area contributed by atoms with Crippen LogP contribution in [0.3, 0.4) is 0 Å². The molecule has 2 heterocycles. The van der Waals surface area contributed by atoms with Crippen LogP contribution in [-0.4, -0.2) is 64.2 Å². The van der Waals surface area contributed by atoms with Crippen LogP contribution in [0.4, 0.5) is 0 Å². The third kappa shape index (κ3) is 4.92. The molecule has 44 heavy (non-hydrogen) atoms. The Hall–Kier alpha value is -1.74. The second-order valence-electron chi connectivity index (χ2n) is 15.9. The summed E-state index contributed by atoms with van der Waals surface area (Å²) in [5, 5.41) is 0. The Balaban J connectivity index is 0.000000123. The first-order valence-electron chi connectivity index (χ1n) is 17.7. The first-order chi connectivity index (χ1) is 21.6. The van der Waals surface area contributed by atoms with Gasteiger partial charge < -0.3 is 28.4 Å². The molecule has 2 aliphatic heterocycles. The van der Waals surface area contributed by atoms with Crippen molar-refractivity contribution in [1.29, 1.82) is 0 Å². The summed E-state index contributed by atoms with van der Waals surface area (Å²) in [4.78, 5) is 24.4. The summed E-state index contributed by atoms with van der Waals surface area (Å²) in [5.74, 6) is 11.3. The molecule has 0 aromatic carbocycles. The van der Waals surface area contributed by atoms with Gasteiger partial charge in [0.2, 0.25) is 0 Å². The molecule has 0 N–H and O–H groups in total. The normalized spacial score (nSPS) is 49.8. The molecule has 8 aliphatic carbocycles. The van der Waals surface area contributed by atoms with Crippen molar-refractivity contribution in [2.24, 2.45) is 82.9 Å². The van der Waals surface area contributed by atoms with E-state index in [0.29, 0.717) is 64.7 Å². The highest BCUT2D eigenvalue weighted by molar-refractivity contribution is 5.70. The number of fused-ring (bicyclic) bond motifs is 18. The van der Waals surface area contributed by atoms with Crippen LogP contribution in [0.1, 0.15) is 51.4 Å². The van der Waals surface area contributed by atoms with Crippen molar-refractivity contribution in [3.8, 4) is 0 Å². The van der Waals surface area contributed by atoms with Crippen molar-refractivity contribution < 1.29 is 38.0 Å². The van der Waals surface area contributed by atoms with Gasteiger partial charge in [0.25, 0.3) is 0 Å². The van der Waals surface area contributed by atoms with E-state index in [1.165, 1.54) is 38.5 Å². The predicted molar refractivity (Wildman–Crippen MR) is 157 cm³/mol. The molecular formula is C36H48O8. The van der Waals surface area contributed by atoms with Crippen LogP contribution < -0.4 is 0 Å². The third-order valence-corrected chi connectivity index (χ3v) is 13.9. The Morgan fingerprint density at radius 2 is 1.16 bits per heavy atom. The number of ether oxygens (including phenoxy) is 6. The average Bonchev–Trinajstić information content (AvgIpc) is 3.88. The highest BCUT2D eigenvalue weighted by Crippen LogP contribution is 2.68. The van der Waals surface area contributed by atoms with Crippen LogP contribution in [0.15, 0.2) is 24.3 Å². The van der Waals surface area contributed by atoms with Gasteiger partial charge in [0.15, 0.2) is 0 Å². The van der Waals surface area contributed by atoms with Gasteiger partial charge in [-0.3, -0.25) is 9.59 Å². The van der Waals surface area contributed by atoms with Gasteiger partial charge >= 0.3 is 11.9 Å². The first-order valence-corrected chi connectivity index (χ1v) is 17.7. The summed E-state index contributed by atoms with van der Waals surface area (Å²) in [6.45, 7) is 2.48. The highest BCUT2D eigenvalue weighted by Gasteiger charge is 2.62. The minimum atomic E-state index is -0.210. The van der Waals surface area contributed by atoms with Crippen molar-refractivity contribution in [2.45, 2.75) is 63.6 Å². The molecule has 0 amide bonds. The van der Waals surface area contributed by atoms with Crippen LogP contribution in [-0.2, 0) is 38.0 Å². The Bertz CT molecular complexity index is 1170. The topological polar surface area (TPSA) is 89.5 Å². The summed E-state index contributed by atoms with van der Waals surface area (Å²) < 4.78 is 31.7. The number of carbonyl (C=O) groups excluding carboxylic acids is 2. The number of hydrogen-bond acceptors (Lipinski definition) is 8. The lowest BCUT2D eigenvalue weighted by molar-refractivity contribution is -0.184. The summed E-state index contributed by atoms with van der Waals surface area (Å²) in [5.41, 5.74) is 0. The largest absolute Gasteiger partial charge is 0.463 e. The number of rotatable bonds is 7. The second kappa shape index (κ2) is 11.5. The fraction of sp³-hybridized carbons (Fsp3) is 0.833. The van der Waals surface area contributed by atoms with Gasteiger partial charge in [0, 0.05) is 12.8 Å². The zero-order valence-corrected chi connectivity index (χ0v) is 25.7. The smallest absolute Gasteiger partial charge is 0.306 e. The maximum Gasteiger partial charge on any atom is 0.306 e. The molecule has 8 bridgehead atoms. The second-order valence-corrected chi connectivity index (χ2v) is 15.9. The molecule has 15 atom stereocenters. The summed E-state index contributed by atoms with van der Waals surface area (Å²) >= 11 is 0. The molecule has 0 aromatic rings. The summed E-state index contributed by atoms with van der Waals surface area (Å²) in [6.07, 6.45) is 18.8. The Labute approximate surface area is 260 Å². The Kier molecular flexibility index (Phi) is 7.44. The van der Waals surface area contributed by atoms with Gasteiger partial charge in [-0.2, -0.15) is 0 Å². The molecule has 8 fully saturated rings. The number of hydrogen-bond donors (Lipinski definition) is 0. The minimum absolute atomic E-state index is 0.0386. The van der Waals surface area contributed by atoms with E-state index in [-0.39, 0.29) is 24.1 Å². The monoisotopic (exact) mass is 608 g/mol. The SMILES string of the molecule is O=C(CC1CC2CC1C1C3C=CC(C3)C21)OC1COCOC1.O=C(CC1CC2CC1C1C3C=CC(C3)C21)OCC1COCO1. The molecule has 0 aromatic heterocycles. The number of esters is 2. The van der Waals surface area contributed by atoms with E-state index in [4.69, 9.17) is 28.4 Å². The van der Waals surface area contributed by atoms with E-state index < -0.39 is 0 Å². The van der Waals surface area contributed by atoms with E-state index in [0.717, 1.165) is 71.0 Å². The van der Waals surface area contributed by atoms with Gasteiger partial charge in [-0.15, -0.1) is 0 Å². The fourth-order valence-electron chi connectivity index (χ4n) is 12.7. The van der Waals surface area contributed by atoms with E-state index in [2.05, 4.69) is 24.3 Å². The molecule has 0 radical (unpaired) electrons. The van der Waals surface area contributed by atoms with Crippen LogP contribution in [0.2, 0.25) is 0 Å². The van der Waals surface area contributed by atoms with Gasteiger partial charge in [0.05, 0.1) is 19.8 Å². The molecule has 8 heteroatoms. The van der Waals surface area contributed by atoms with Crippen LogP contribution >= 0.6 is 0 Å². The van der Waals surface area contributed by atoms with Gasteiger partial charge in [-0.05, 0) is 121 Å². The van der Waals surface area contributed by atoms with Crippen LogP contribution in [0.25, 0.3) is 0 Å². The number of allylic oxidation sites excluding steroid dienone is 4. The molecule has 0 spiro atoms. The van der Waals surface area contributed by atoms with Crippen molar-refractivity contribution >= 4 is 11.9 Å². The maximum atomic E-state index is 12.2. The van der Waals surface area contributed by atoms with Gasteiger partial charge in [0.1, 0.15) is 32.4 Å². The molecule has 10 aliphatic rings. The predicted octanol–water partition coefficient (Wildman–Crippen LogP) is 4.77. The van der Waals surface area contributed by atoms with Crippen LogP contribution in [0, 0.1) is 82.9 Å². The molecule has 8 nitrogen and oxygen atoms in total. The Morgan fingerprint density at radius 3 is 1.73 bits per heavy atom. The lowest BCUT2D eigenvalue weighted by Gasteiger charge is -2.36. The lowest BCUT2D eigenvalue weighted by atomic mass is 9.69. The molecule has 6 saturated carbocycles.